The Morgan fingerprint density at radius 2 is 2.00 bits per heavy atom. The van der Waals surface area contributed by atoms with Crippen molar-refractivity contribution in [2.75, 3.05) is 6.54 Å². The third kappa shape index (κ3) is 6.05. The topological polar surface area (TPSA) is 32.3 Å². The van der Waals surface area contributed by atoms with Crippen LogP contribution in [-0.4, -0.2) is 23.8 Å². The number of aliphatic hydroxyl groups excluding tert-OH is 1. The van der Waals surface area contributed by atoms with Crippen LogP contribution in [-0.2, 0) is 0 Å². The van der Waals surface area contributed by atoms with Gasteiger partial charge < -0.3 is 10.4 Å². The molecule has 0 aliphatic rings. The highest BCUT2D eigenvalue weighted by molar-refractivity contribution is 4.62. The van der Waals surface area contributed by atoms with Gasteiger partial charge in [0.15, 0.2) is 0 Å². The lowest BCUT2D eigenvalue weighted by atomic mass is 10.1. The number of nitrogens with one attached hydrogen (secondary N) is 1. The Balaban J connectivity index is 3.16. The van der Waals surface area contributed by atoms with Gasteiger partial charge in [-0.3, -0.25) is 0 Å². The molecular weight excluding hydrogens is 126 g/mol. The molecule has 10 heavy (non-hydrogen) atoms. The van der Waals surface area contributed by atoms with Gasteiger partial charge in [0, 0.05) is 6.04 Å². The van der Waals surface area contributed by atoms with Gasteiger partial charge in [0.25, 0.3) is 0 Å². The van der Waals surface area contributed by atoms with E-state index in [0.29, 0.717) is 6.04 Å². The molecule has 0 bridgehead atoms. The van der Waals surface area contributed by atoms with Gasteiger partial charge in [-0.05, 0) is 33.2 Å². The Labute approximate surface area is 63.6 Å². The summed E-state index contributed by atoms with van der Waals surface area (Å²) in [5, 5.41) is 12.3. The van der Waals surface area contributed by atoms with E-state index >= 15 is 0 Å². The lowest BCUT2D eigenvalue weighted by molar-refractivity contribution is 0.171. The van der Waals surface area contributed by atoms with Gasteiger partial charge in [-0.25, -0.2) is 0 Å². The molecular formula is C8H19NO. The molecule has 0 fully saturated rings. The SMILES string of the molecule is CCCNC(C)CC(C)O. The molecule has 0 aromatic carbocycles. The summed E-state index contributed by atoms with van der Waals surface area (Å²) in [5.74, 6) is 0. The molecule has 2 nitrogen and oxygen atoms in total. The van der Waals surface area contributed by atoms with Crippen molar-refractivity contribution in [2.45, 2.75) is 45.8 Å². The Hall–Kier alpha value is -0.0800. The molecule has 0 spiro atoms. The Bertz CT molecular complexity index is 73.7. The molecule has 0 amide bonds. The minimum absolute atomic E-state index is 0.181. The normalized spacial score (nSPS) is 16.8. The summed E-state index contributed by atoms with van der Waals surface area (Å²) in [6, 6.07) is 0.444. The van der Waals surface area contributed by atoms with Crippen LogP contribution in [0.25, 0.3) is 0 Å². The fourth-order valence-corrected chi connectivity index (χ4v) is 0.986. The summed E-state index contributed by atoms with van der Waals surface area (Å²) < 4.78 is 0. The Morgan fingerprint density at radius 1 is 1.40 bits per heavy atom. The van der Waals surface area contributed by atoms with Crippen LogP contribution in [0.4, 0.5) is 0 Å². The van der Waals surface area contributed by atoms with Gasteiger partial charge in [0.05, 0.1) is 6.10 Å². The fourth-order valence-electron chi connectivity index (χ4n) is 0.986. The second kappa shape index (κ2) is 5.69. The Kier molecular flexibility index (Phi) is 5.64. The minimum Gasteiger partial charge on any atom is -0.393 e. The molecule has 0 rings (SSSR count). The third-order valence-corrected chi connectivity index (χ3v) is 1.44. The maximum absolute atomic E-state index is 8.98. The van der Waals surface area contributed by atoms with Gasteiger partial charge >= 0.3 is 0 Å². The number of rotatable bonds is 5. The van der Waals surface area contributed by atoms with Crippen molar-refractivity contribution in [2.24, 2.45) is 0 Å². The molecule has 2 unspecified atom stereocenters. The van der Waals surface area contributed by atoms with Crippen molar-refractivity contribution < 1.29 is 5.11 Å². The zero-order valence-corrected chi connectivity index (χ0v) is 7.22. The monoisotopic (exact) mass is 145 g/mol. The van der Waals surface area contributed by atoms with Gasteiger partial charge in [-0.2, -0.15) is 0 Å². The van der Waals surface area contributed by atoms with Gasteiger partial charge in [0.1, 0.15) is 0 Å². The summed E-state index contributed by atoms with van der Waals surface area (Å²) in [6.07, 6.45) is 1.82. The summed E-state index contributed by atoms with van der Waals surface area (Å²) in [7, 11) is 0. The van der Waals surface area contributed by atoms with E-state index in [2.05, 4.69) is 19.2 Å². The van der Waals surface area contributed by atoms with Crippen molar-refractivity contribution >= 4 is 0 Å². The van der Waals surface area contributed by atoms with Crippen LogP contribution < -0.4 is 5.32 Å². The van der Waals surface area contributed by atoms with E-state index in [1.807, 2.05) is 6.92 Å². The van der Waals surface area contributed by atoms with Crippen molar-refractivity contribution in [1.29, 1.82) is 0 Å². The van der Waals surface area contributed by atoms with E-state index < -0.39 is 0 Å². The van der Waals surface area contributed by atoms with Crippen LogP contribution in [0.5, 0.6) is 0 Å². The first-order valence-electron chi connectivity index (χ1n) is 4.08. The summed E-state index contributed by atoms with van der Waals surface area (Å²) in [4.78, 5) is 0. The van der Waals surface area contributed by atoms with E-state index in [9.17, 15) is 0 Å². The van der Waals surface area contributed by atoms with Crippen LogP contribution in [0, 0.1) is 0 Å². The standard InChI is InChI=1S/C8H19NO/c1-4-5-9-7(2)6-8(3)10/h7-10H,4-6H2,1-3H3. The van der Waals surface area contributed by atoms with E-state index in [1.165, 1.54) is 0 Å². The van der Waals surface area contributed by atoms with Gasteiger partial charge in [0.2, 0.25) is 0 Å². The van der Waals surface area contributed by atoms with Crippen molar-refractivity contribution in [3.63, 3.8) is 0 Å². The summed E-state index contributed by atoms with van der Waals surface area (Å²) in [5.41, 5.74) is 0. The average Bonchev–Trinajstić information content (AvgIpc) is 1.82. The van der Waals surface area contributed by atoms with Crippen molar-refractivity contribution in [1.82, 2.24) is 5.32 Å². The second-order valence-electron chi connectivity index (χ2n) is 2.94. The van der Waals surface area contributed by atoms with E-state index in [1.54, 1.807) is 0 Å². The van der Waals surface area contributed by atoms with Crippen LogP contribution >= 0.6 is 0 Å². The van der Waals surface area contributed by atoms with Gasteiger partial charge in [-0.15, -0.1) is 0 Å². The van der Waals surface area contributed by atoms with Crippen LogP contribution in [0.3, 0.4) is 0 Å². The smallest absolute Gasteiger partial charge is 0.0526 e. The first-order chi connectivity index (χ1) is 4.66. The molecule has 0 saturated carbocycles. The first kappa shape index (κ1) is 9.92. The van der Waals surface area contributed by atoms with Crippen LogP contribution in [0.1, 0.15) is 33.6 Å². The molecule has 2 heteroatoms. The second-order valence-corrected chi connectivity index (χ2v) is 2.94. The number of aliphatic hydroxyl groups is 1. The highest BCUT2D eigenvalue weighted by Crippen LogP contribution is 1.95. The minimum atomic E-state index is -0.181. The highest BCUT2D eigenvalue weighted by Gasteiger charge is 2.03. The first-order valence-corrected chi connectivity index (χ1v) is 4.08. The number of hydrogen-bond acceptors (Lipinski definition) is 2. The molecule has 0 aromatic heterocycles. The van der Waals surface area contributed by atoms with Crippen LogP contribution in [0.15, 0.2) is 0 Å². The molecule has 0 aliphatic heterocycles. The predicted molar refractivity (Wildman–Crippen MR) is 44.1 cm³/mol. The average molecular weight is 145 g/mol. The fraction of sp³-hybridized carbons (Fsp3) is 1.00. The summed E-state index contributed by atoms with van der Waals surface area (Å²) >= 11 is 0. The molecule has 0 radical (unpaired) electrons. The lowest BCUT2D eigenvalue weighted by Gasteiger charge is -2.14. The molecule has 0 aromatic rings. The molecule has 0 heterocycles. The highest BCUT2D eigenvalue weighted by atomic mass is 16.3. The molecule has 0 saturated heterocycles. The number of hydrogen-bond donors (Lipinski definition) is 2. The summed E-state index contributed by atoms with van der Waals surface area (Å²) in [6.45, 7) is 7.11. The Morgan fingerprint density at radius 3 is 2.40 bits per heavy atom. The molecule has 2 N–H and O–H groups in total. The zero-order valence-electron chi connectivity index (χ0n) is 7.22. The largest absolute Gasteiger partial charge is 0.393 e. The maximum atomic E-state index is 8.98. The van der Waals surface area contributed by atoms with Crippen molar-refractivity contribution in [3.8, 4) is 0 Å². The van der Waals surface area contributed by atoms with Crippen LogP contribution in [0.2, 0.25) is 0 Å². The van der Waals surface area contributed by atoms with E-state index in [-0.39, 0.29) is 6.10 Å². The predicted octanol–water partition coefficient (Wildman–Crippen LogP) is 1.15. The maximum Gasteiger partial charge on any atom is 0.0526 e. The lowest BCUT2D eigenvalue weighted by Crippen LogP contribution is -2.29. The van der Waals surface area contributed by atoms with E-state index in [4.69, 9.17) is 5.11 Å². The quantitative estimate of drug-likeness (QED) is 0.608. The van der Waals surface area contributed by atoms with Gasteiger partial charge in [-0.1, -0.05) is 6.92 Å². The van der Waals surface area contributed by atoms with E-state index in [0.717, 1.165) is 19.4 Å². The molecule has 2 atom stereocenters. The molecule has 62 valence electrons. The third-order valence-electron chi connectivity index (χ3n) is 1.44. The van der Waals surface area contributed by atoms with Crippen molar-refractivity contribution in [3.05, 3.63) is 0 Å². The zero-order chi connectivity index (χ0) is 7.98. The molecule has 0 aliphatic carbocycles.